The second-order valence-electron chi connectivity index (χ2n) is 5.62. The molecular weight excluding hydrogens is 236 g/mol. The van der Waals surface area contributed by atoms with Crippen molar-refractivity contribution in [3.8, 4) is 11.5 Å². The van der Waals surface area contributed by atoms with Crippen molar-refractivity contribution in [2.45, 2.75) is 39.5 Å². The quantitative estimate of drug-likeness (QED) is 0.897. The normalized spacial score (nSPS) is 11.6. The number of aromatic nitrogens is 3. The molecule has 0 amide bonds. The van der Waals surface area contributed by atoms with Crippen molar-refractivity contribution in [3.05, 3.63) is 35.7 Å². The Balaban J connectivity index is 2.60. The van der Waals surface area contributed by atoms with E-state index in [1.54, 1.807) is 6.20 Å². The number of rotatable bonds is 2. The van der Waals surface area contributed by atoms with Crippen molar-refractivity contribution >= 4 is 5.82 Å². The van der Waals surface area contributed by atoms with Crippen LogP contribution in [0, 0.1) is 0 Å². The van der Waals surface area contributed by atoms with E-state index in [4.69, 9.17) is 5.73 Å². The van der Waals surface area contributed by atoms with E-state index in [0.29, 0.717) is 11.6 Å². The van der Waals surface area contributed by atoms with Crippen LogP contribution in [-0.4, -0.2) is 15.0 Å². The maximum atomic E-state index is 5.91. The fourth-order valence-corrected chi connectivity index (χ4v) is 1.88. The predicted octanol–water partition coefficient (Wildman–Crippen LogP) is 2.98. The third-order valence-corrected chi connectivity index (χ3v) is 3.00. The lowest BCUT2D eigenvalue weighted by Crippen LogP contribution is -2.15. The van der Waals surface area contributed by atoms with Crippen LogP contribution in [0.25, 0.3) is 11.5 Å². The van der Waals surface area contributed by atoms with Crippen LogP contribution in [0.5, 0.6) is 0 Å². The van der Waals surface area contributed by atoms with Crippen LogP contribution in [0.1, 0.15) is 39.0 Å². The fourth-order valence-electron chi connectivity index (χ4n) is 1.88. The van der Waals surface area contributed by atoms with E-state index in [0.717, 1.165) is 23.4 Å². The van der Waals surface area contributed by atoms with Crippen LogP contribution in [0.2, 0.25) is 0 Å². The van der Waals surface area contributed by atoms with Crippen molar-refractivity contribution in [1.29, 1.82) is 0 Å². The summed E-state index contributed by atoms with van der Waals surface area (Å²) >= 11 is 0. The van der Waals surface area contributed by atoms with E-state index >= 15 is 0 Å². The number of aryl methyl sites for hydroxylation is 1. The predicted molar refractivity (Wildman–Crippen MR) is 77.8 cm³/mol. The molecule has 2 rings (SSSR count). The Morgan fingerprint density at radius 2 is 1.95 bits per heavy atom. The summed E-state index contributed by atoms with van der Waals surface area (Å²) in [6.07, 6.45) is 2.66. The van der Waals surface area contributed by atoms with Gasteiger partial charge in [0, 0.05) is 17.7 Å². The molecule has 0 spiro atoms. The molecule has 0 radical (unpaired) electrons. The molecule has 0 saturated heterocycles. The molecule has 0 aliphatic heterocycles. The summed E-state index contributed by atoms with van der Waals surface area (Å²) < 4.78 is 0. The summed E-state index contributed by atoms with van der Waals surface area (Å²) in [4.78, 5) is 13.4. The number of pyridine rings is 1. The van der Waals surface area contributed by atoms with Gasteiger partial charge >= 0.3 is 0 Å². The van der Waals surface area contributed by atoms with E-state index < -0.39 is 0 Å². The zero-order valence-electron chi connectivity index (χ0n) is 11.9. The first-order chi connectivity index (χ1) is 8.91. The van der Waals surface area contributed by atoms with Gasteiger partial charge in [-0.05, 0) is 18.1 Å². The Labute approximate surface area is 114 Å². The van der Waals surface area contributed by atoms with Gasteiger partial charge in [-0.15, -0.1) is 0 Å². The van der Waals surface area contributed by atoms with Gasteiger partial charge in [-0.1, -0.05) is 33.8 Å². The average Bonchev–Trinajstić information content (AvgIpc) is 2.37. The number of anilines is 1. The van der Waals surface area contributed by atoms with Crippen molar-refractivity contribution in [2.24, 2.45) is 0 Å². The molecule has 0 fully saturated rings. The van der Waals surface area contributed by atoms with Crippen LogP contribution >= 0.6 is 0 Å². The Hall–Kier alpha value is -1.97. The van der Waals surface area contributed by atoms with Crippen LogP contribution in [0.15, 0.2) is 24.4 Å². The molecule has 100 valence electrons. The van der Waals surface area contributed by atoms with Crippen LogP contribution in [-0.2, 0) is 11.8 Å². The minimum atomic E-state index is -0.0625. The van der Waals surface area contributed by atoms with Crippen LogP contribution in [0.4, 0.5) is 5.82 Å². The van der Waals surface area contributed by atoms with Gasteiger partial charge in [-0.2, -0.15) is 0 Å². The monoisotopic (exact) mass is 256 g/mol. The summed E-state index contributed by atoms with van der Waals surface area (Å²) in [5.41, 5.74) is 8.73. The molecule has 0 aliphatic carbocycles. The Morgan fingerprint density at radius 3 is 2.58 bits per heavy atom. The van der Waals surface area contributed by atoms with Crippen LogP contribution in [0.3, 0.4) is 0 Å². The molecule has 19 heavy (non-hydrogen) atoms. The third kappa shape index (κ3) is 2.89. The van der Waals surface area contributed by atoms with Gasteiger partial charge in [0.1, 0.15) is 11.5 Å². The number of hydrogen-bond acceptors (Lipinski definition) is 4. The van der Waals surface area contributed by atoms with Crippen LogP contribution < -0.4 is 5.73 Å². The minimum Gasteiger partial charge on any atom is -0.384 e. The fraction of sp³-hybridized carbons (Fsp3) is 0.400. The standard InChI is InChI=1S/C15H20N4/c1-5-10-7-6-8-17-13(10)14-18-11(15(2,3)4)9-12(16)19-14/h6-9H,5H2,1-4H3,(H2,16,18,19). The zero-order chi connectivity index (χ0) is 14.0. The molecule has 0 aromatic carbocycles. The molecule has 0 bridgehead atoms. The molecule has 2 N–H and O–H groups in total. The molecule has 4 nitrogen and oxygen atoms in total. The highest BCUT2D eigenvalue weighted by Gasteiger charge is 2.19. The zero-order valence-corrected chi connectivity index (χ0v) is 11.9. The van der Waals surface area contributed by atoms with E-state index in [1.807, 2.05) is 18.2 Å². The van der Waals surface area contributed by atoms with Crippen molar-refractivity contribution in [2.75, 3.05) is 5.73 Å². The second-order valence-corrected chi connectivity index (χ2v) is 5.62. The summed E-state index contributed by atoms with van der Waals surface area (Å²) in [7, 11) is 0. The van der Waals surface area contributed by atoms with Gasteiger partial charge in [-0.25, -0.2) is 9.97 Å². The highest BCUT2D eigenvalue weighted by Crippen LogP contribution is 2.25. The van der Waals surface area contributed by atoms with Gasteiger partial charge in [0.15, 0.2) is 5.82 Å². The summed E-state index contributed by atoms with van der Waals surface area (Å²) in [5.74, 6) is 1.10. The number of nitrogens with zero attached hydrogens (tertiary/aromatic N) is 3. The molecule has 0 aliphatic rings. The smallest absolute Gasteiger partial charge is 0.180 e. The SMILES string of the molecule is CCc1cccnc1-c1nc(N)cc(C(C)(C)C)n1. The first kappa shape index (κ1) is 13.5. The van der Waals surface area contributed by atoms with Gasteiger partial charge in [0.05, 0.1) is 5.69 Å². The number of nitrogens with two attached hydrogens (primary N) is 1. The first-order valence-corrected chi connectivity index (χ1v) is 6.51. The molecular formula is C15H20N4. The Kier molecular flexibility index (Phi) is 3.51. The molecule has 2 aromatic heterocycles. The van der Waals surface area contributed by atoms with Gasteiger partial charge in [0.25, 0.3) is 0 Å². The lowest BCUT2D eigenvalue weighted by molar-refractivity contribution is 0.568. The van der Waals surface area contributed by atoms with Crippen molar-refractivity contribution in [3.63, 3.8) is 0 Å². The second kappa shape index (κ2) is 4.96. The molecule has 4 heteroatoms. The summed E-state index contributed by atoms with van der Waals surface area (Å²) in [6, 6.07) is 5.81. The molecule has 0 atom stereocenters. The highest BCUT2D eigenvalue weighted by molar-refractivity contribution is 5.57. The van der Waals surface area contributed by atoms with E-state index in [1.165, 1.54) is 0 Å². The largest absolute Gasteiger partial charge is 0.384 e. The summed E-state index contributed by atoms with van der Waals surface area (Å²) in [5, 5.41) is 0. The topological polar surface area (TPSA) is 64.7 Å². The third-order valence-electron chi connectivity index (χ3n) is 3.00. The summed E-state index contributed by atoms with van der Waals surface area (Å²) in [6.45, 7) is 8.42. The molecule has 2 heterocycles. The number of hydrogen-bond donors (Lipinski definition) is 1. The van der Waals surface area contributed by atoms with Crippen molar-refractivity contribution in [1.82, 2.24) is 15.0 Å². The maximum absolute atomic E-state index is 5.91. The molecule has 0 unspecified atom stereocenters. The first-order valence-electron chi connectivity index (χ1n) is 6.51. The lowest BCUT2D eigenvalue weighted by Gasteiger charge is -2.19. The molecule has 0 saturated carbocycles. The highest BCUT2D eigenvalue weighted by atomic mass is 15.0. The molecule has 2 aromatic rings. The average molecular weight is 256 g/mol. The van der Waals surface area contributed by atoms with E-state index in [9.17, 15) is 0 Å². The lowest BCUT2D eigenvalue weighted by atomic mass is 9.92. The number of nitrogen functional groups attached to an aromatic ring is 1. The maximum Gasteiger partial charge on any atom is 0.180 e. The van der Waals surface area contributed by atoms with E-state index in [-0.39, 0.29) is 5.41 Å². The van der Waals surface area contributed by atoms with Gasteiger partial charge in [-0.3, -0.25) is 4.98 Å². The van der Waals surface area contributed by atoms with E-state index in [2.05, 4.69) is 42.6 Å². The van der Waals surface area contributed by atoms with Gasteiger partial charge < -0.3 is 5.73 Å². The van der Waals surface area contributed by atoms with Crippen molar-refractivity contribution < 1.29 is 0 Å². The Bertz CT molecular complexity index is 585. The Morgan fingerprint density at radius 1 is 1.21 bits per heavy atom. The van der Waals surface area contributed by atoms with Gasteiger partial charge in [0.2, 0.25) is 0 Å². The minimum absolute atomic E-state index is 0.0625.